The fourth-order valence-electron chi connectivity index (χ4n) is 5.37. The van der Waals surface area contributed by atoms with Crippen molar-refractivity contribution in [3.8, 4) is 5.75 Å². The smallest absolute Gasteiger partial charge is 0.337 e. The number of carbonyl (C=O) groups excluding carboxylic acids is 3. The highest BCUT2D eigenvalue weighted by molar-refractivity contribution is 7.88. The maximum absolute atomic E-state index is 13.4. The van der Waals surface area contributed by atoms with E-state index in [1.54, 1.807) is 11.0 Å². The number of fused-ring (bicyclic) bond motifs is 4. The molecule has 11 nitrogen and oxygen atoms in total. The van der Waals surface area contributed by atoms with Crippen molar-refractivity contribution in [2.45, 2.75) is 25.3 Å². The van der Waals surface area contributed by atoms with Gasteiger partial charge in [0.05, 0.1) is 31.4 Å². The lowest BCUT2D eigenvalue weighted by molar-refractivity contribution is -0.131. The molecule has 2 atom stereocenters. The second kappa shape index (κ2) is 13.9. The topological polar surface area (TPSA) is 134 Å². The van der Waals surface area contributed by atoms with Crippen LogP contribution in [0.1, 0.15) is 40.2 Å². The summed E-state index contributed by atoms with van der Waals surface area (Å²) < 4.78 is 35.9. The van der Waals surface area contributed by atoms with Gasteiger partial charge in [0, 0.05) is 51.6 Å². The molecule has 1 fully saturated rings. The monoisotopic (exact) mass is 586 g/mol. The van der Waals surface area contributed by atoms with Gasteiger partial charge in [0.2, 0.25) is 21.8 Å². The fourth-order valence-corrected chi connectivity index (χ4v) is 5.85. The lowest BCUT2D eigenvalue weighted by Gasteiger charge is -2.25. The first-order chi connectivity index (χ1) is 19.6. The van der Waals surface area contributed by atoms with Crippen molar-refractivity contribution in [2.75, 3.05) is 59.2 Å². The van der Waals surface area contributed by atoms with E-state index in [0.29, 0.717) is 57.0 Å². The first kappa shape index (κ1) is 30.5. The van der Waals surface area contributed by atoms with Crippen molar-refractivity contribution < 1.29 is 32.3 Å². The number of nitrogens with zero attached hydrogens (tertiary/aromatic N) is 2. The van der Waals surface area contributed by atoms with Crippen LogP contribution in [-0.2, 0) is 30.9 Å². The molecular weight excluding hydrogens is 548 g/mol. The van der Waals surface area contributed by atoms with E-state index in [0.717, 1.165) is 17.4 Å². The first-order valence-electron chi connectivity index (χ1n) is 13.8. The Morgan fingerprint density at radius 3 is 2.66 bits per heavy atom. The Kier molecular flexibility index (Phi) is 10.4. The summed E-state index contributed by atoms with van der Waals surface area (Å²) in [6.07, 6.45) is 1.65. The van der Waals surface area contributed by atoms with Gasteiger partial charge in [0.1, 0.15) is 12.4 Å². The van der Waals surface area contributed by atoms with Crippen molar-refractivity contribution in [2.24, 2.45) is 5.92 Å². The van der Waals surface area contributed by atoms with Crippen LogP contribution in [-0.4, -0.2) is 95.2 Å². The van der Waals surface area contributed by atoms with E-state index < -0.39 is 10.0 Å². The quantitative estimate of drug-likeness (QED) is 0.465. The van der Waals surface area contributed by atoms with Gasteiger partial charge in [0.15, 0.2) is 0 Å². The van der Waals surface area contributed by atoms with Crippen LogP contribution in [0, 0.1) is 5.92 Å². The van der Waals surface area contributed by atoms with E-state index in [2.05, 4.69) is 14.9 Å². The van der Waals surface area contributed by atoms with Gasteiger partial charge in [-0.1, -0.05) is 24.3 Å². The van der Waals surface area contributed by atoms with Crippen LogP contribution < -0.4 is 14.8 Å². The Balaban J connectivity index is 1.46. The number of likely N-dealkylation sites (tertiary alicyclic amines) is 1. The van der Waals surface area contributed by atoms with Gasteiger partial charge in [-0.25, -0.2) is 17.9 Å². The zero-order valence-electron chi connectivity index (χ0n) is 23.5. The summed E-state index contributed by atoms with van der Waals surface area (Å²) in [6.45, 7) is 3.31. The molecule has 4 rings (SSSR count). The van der Waals surface area contributed by atoms with Gasteiger partial charge in [-0.3, -0.25) is 14.5 Å². The minimum Gasteiger partial charge on any atom is -0.492 e. The summed E-state index contributed by atoms with van der Waals surface area (Å²) in [5.41, 5.74) is 2.46. The fraction of sp³-hybridized carbons (Fsp3) is 0.483. The van der Waals surface area contributed by atoms with Crippen LogP contribution in [0.4, 0.5) is 0 Å². The van der Waals surface area contributed by atoms with E-state index in [1.165, 1.54) is 7.11 Å². The highest BCUT2D eigenvalue weighted by Crippen LogP contribution is 2.35. The molecule has 12 heteroatoms. The second-order valence-corrected chi connectivity index (χ2v) is 12.3. The van der Waals surface area contributed by atoms with Gasteiger partial charge < -0.3 is 19.7 Å². The molecule has 0 aromatic heterocycles. The molecule has 2 aliphatic rings. The minimum atomic E-state index is -3.38. The summed E-state index contributed by atoms with van der Waals surface area (Å²) in [7, 11) is -2.02. The number of ether oxygens (including phenoxy) is 2. The number of rotatable bonds is 7. The molecule has 2 aliphatic heterocycles. The van der Waals surface area contributed by atoms with E-state index >= 15 is 0 Å². The number of benzene rings is 2. The Morgan fingerprint density at radius 1 is 1.10 bits per heavy atom. The summed E-state index contributed by atoms with van der Waals surface area (Å²) in [5, 5.41) is 3.07. The Morgan fingerprint density at radius 2 is 1.88 bits per heavy atom. The van der Waals surface area contributed by atoms with Crippen molar-refractivity contribution in [1.82, 2.24) is 19.8 Å². The number of carbonyl (C=O) groups is 3. The molecule has 41 heavy (non-hydrogen) atoms. The Labute approximate surface area is 241 Å². The molecule has 2 aromatic carbocycles. The highest BCUT2D eigenvalue weighted by atomic mass is 32.2. The van der Waals surface area contributed by atoms with Gasteiger partial charge >= 0.3 is 5.97 Å². The summed E-state index contributed by atoms with van der Waals surface area (Å²) in [5.74, 6) is -0.265. The van der Waals surface area contributed by atoms with Gasteiger partial charge in [-0.15, -0.1) is 0 Å². The molecule has 0 radical (unpaired) electrons. The lowest BCUT2D eigenvalue weighted by atomic mass is 9.88. The number of hydrogen-bond acceptors (Lipinski definition) is 8. The largest absolute Gasteiger partial charge is 0.492 e. The number of sulfonamides is 1. The van der Waals surface area contributed by atoms with Crippen LogP contribution in [0.2, 0.25) is 0 Å². The average molecular weight is 587 g/mol. The number of nitrogens with one attached hydrogen (secondary N) is 2. The number of esters is 1. The third-order valence-electron chi connectivity index (χ3n) is 7.36. The molecule has 2 aromatic rings. The maximum Gasteiger partial charge on any atom is 0.337 e. The van der Waals surface area contributed by atoms with Gasteiger partial charge in [0.25, 0.3) is 0 Å². The van der Waals surface area contributed by atoms with Crippen molar-refractivity contribution in [1.29, 1.82) is 0 Å². The number of hydrogen-bond donors (Lipinski definition) is 2. The van der Waals surface area contributed by atoms with Crippen LogP contribution in [0.15, 0.2) is 48.5 Å². The van der Waals surface area contributed by atoms with E-state index in [-0.39, 0.29) is 49.2 Å². The first-order valence-corrected chi connectivity index (χ1v) is 15.6. The van der Waals surface area contributed by atoms with Gasteiger partial charge in [-0.05, 0) is 41.8 Å². The lowest BCUT2D eigenvalue weighted by Crippen LogP contribution is -2.40. The molecule has 0 unspecified atom stereocenters. The van der Waals surface area contributed by atoms with Crippen LogP contribution in [0.3, 0.4) is 0 Å². The third-order valence-corrected chi connectivity index (χ3v) is 8.09. The highest BCUT2D eigenvalue weighted by Gasteiger charge is 2.38. The van der Waals surface area contributed by atoms with E-state index in [1.807, 2.05) is 42.5 Å². The van der Waals surface area contributed by atoms with E-state index in [4.69, 9.17) is 9.47 Å². The molecule has 2 amide bonds. The molecule has 0 spiro atoms. The molecule has 1 saturated heterocycles. The predicted octanol–water partition coefficient (Wildman–Crippen LogP) is 1.36. The summed E-state index contributed by atoms with van der Waals surface area (Å²) in [6, 6.07) is 15.1. The molecule has 2 N–H and O–H groups in total. The Hall–Kier alpha value is -3.48. The molecule has 2 heterocycles. The SMILES string of the molecule is COC(=O)c1cccc(CN2C[C@@H]3C(=O)NCCCN(C(=O)CCNS(C)(=O)=O)CCOc4cccc(c4)[C@H]3C2)c1. The van der Waals surface area contributed by atoms with Crippen molar-refractivity contribution >= 4 is 27.8 Å². The molecule has 222 valence electrons. The minimum absolute atomic E-state index is 0.0281. The van der Waals surface area contributed by atoms with Gasteiger partial charge in [-0.2, -0.15) is 0 Å². The average Bonchev–Trinajstić information content (AvgIpc) is 3.36. The predicted molar refractivity (Wildman–Crippen MR) is 153 cm³/mol. The second-order valence-electron chi connectivity index (χ2n) is 10.5. The van der Waals surface area contributed by atoms with Crippen LogP contribution in [0.5, 0.6) is 5.75 Å². The Bertz CT molecular complexity index is 1350. The number of methoxy groups -OCH3 is 1. The normalized spacial score (nSPS) is 20.3. The number of amides is 2. The summed E-state index contributed by atoms with van der Waals surface area (Å²) in [4.78, 5) is 42.1. The molecular formula is C29H38N4O7S. The molecule has 0 saturated carbocycles. The summed E-state index contributed by atoms with van der Waals surface area (Å²) >= 11 is 0. The zero-order chi connectivity index (χ0) is 29.4. The van der Waals surface area contributed by atoms with Crippen LogP contribution in [0.25, 0.3) is 0 Å². The molecule has 2 bridgehead atoms. The zero-order valence-corrected chi connectivity index (χ0v) is 24.3. The third kappa shape index (κ3) is 8.75. The van der Waals surface area contributed by atoms with Crippen molar-refractivity contribution in [3.05, 3.63) is 65.2 Å². The standard InChI is InChI=1S/C29H38N4O7S/c1-39-29(36)23-8-3-6-21(16-23)18-32-19-25-22-7-4-9-24(17-22)40-15-14-33(27(34)10-12-31-41(2,37)38)13-5-11-30-28(35)26(25)20-32/h3-4,6-9,16-17,25-26,31H,5,10-15,18-20H2,1-2H3,(H,30,35)/t25-,26+/m1/s1. The maximum atomic E-state index is 13.4. The molecule has 0 aliphatic carbocycles. The van der Waals surface area contributed by atoms with Crippen molar-refractivity contribution in [3.63, 3.8) is 0 Å². The van der Waals surface area contributed by atoms with E-state index in [9.17, 15) is 22.8 Å². The van der Waals surface area contributed by atoms with Crippen LogP contribution >= 0.6 is 0 Å².